The number of halogens is 2. The molecule has 3 aliphatic rings. The van der Waals surface area contributed by atoms with Crippen LogP contribution in [-0.2, 0) is 15.5 Å². The van der Waals surface area contributed by atoms with Crippen LogP contribution in [-0.4, -0.2) is 55.9 Å². The van der Waals surface area contributed by atoms with Crippen molar-refractivity contribution in [3.8, 4) is 5.82 Å². The van der Waals surface area contributed by atoms with E-state index in [0.717, 1.165) is 18.7 Å². The van der Waals surface area contributed by atoms with Crippen molar-refractivity contribution < 1.29 is 18.3 Å². The van der Waals surface area contributed by atoms with Gasteiger partial charge in [-0.15, -0.1) is 5.10 Å². The van der Waals surface area contributed by atoms with Crippen LogP contribution in [0.4, 0.5) is 20.4 Å². The zero-order valence-electron chi connectivity index (χ0n) is 18.8. The number of anilines is 2. The summed E-state index contributed by atoms with van der Waals surface area (Å²) >= 11 is 0. The molecule has 3 aliphatic heterocycles. The van der Waals surface area contributed by atoms with Gasteiger partial charge in [-0.25, -0.2) is 19.6 Å². The smallest absolute Gasteiger partial charge is 0.303 e. The van der Waals surface area contributed by atoms with E-state index in [0.29, 0.717) is 35.9 Å². The molecule has 0 aromatic carbocycles. The minimum absolute atomic E-state index is 0.0860. The van der Waals surface area contributed by atoms with Crippen molar-refractivity contribution in [2.45, 2.75) is 58.2 Å². The average molecular weight is 457 g/mol. The Kier molecular flexibility index (Phi) is 5.04. The summed E-state index contributed by atoms with van der Waals surface area (Å²) in [5.41, 5.74) is 1.09. The van der Waals surface area contributed by atoms with Gasteiger partial charge in [0.2, 0.25) is 11.7 Å². The number of carbonyl (C=O) groups excluding carboxylic acids is 1. The van der Waals surface area contributed by atoms with Crippen LogP contribution in [0.5, 0.6) is 0 Å². The molecule has 9 nitrogen and oxygen atoms in total. The second-order valence-electron chi connectivity index (χ2n) is 9.04. The van der Waals surface area contributed by atoms with E-state index >= 15 is 0 Å². The van der Waals surface area contributed by atoms with Gasteiger partial charge in [0.25, 0.3) is 0 Å². The van der Waals surface area contributed by atoms with Crippen LogP contribution in [0, 0.1) is 0 Å². The Hall–Kier alpha value is -3.21. The first-order valence-corrected chi connectivity index (χ1v) is 10.9. The van der Waals surface area contributed by atoms with Gasteiger partial charge in [0.15, 0.2) is 11.6 Å². The molecule has 6 rings (SSSR count). The number of hydrogen-bond donors (Lipinski definition) is 1. The molecule has 33 heavy (non-hydrogen) atoms. The number of hydrogen-bond acceptors (Lipinski definition) is 7. The SMILES string of the molecule is CC(=O)Nc1cc2c(cn1)c(N1CC3CC(C1)O3)nn2-c1cc(C(C)C)nc(C(C)(F)F)n1. The van der Waals surface area contributed by atoms with Crippen molar-refractivity contribution >= 4 is 28.4 Å². The molecule has 1 N–H and O–H groups in total. The highest BCUT2D eigenvalue weighted by atomic mass is 19.3. The topological polar surface area (TPSA) is 98.1 Å². The summed E-state index contributed by atoms with van der Waals surface area (Å²) in [6.45, 7) is 7.32. The number of piperidine rings is 1. The molecule has 0 spiro atoms. The Morgan fingerprint density at radius 3 is 2.55 bits per heavy atom. The lowest BCUT2D eigenvalue weighted by atomic mass is 9.99. The average Bonchev–Trinajstić information content (AvgIpc) is 3.11. The number of amides is 1. The summed E-state index contributed by atoms with van der Waals surface area (Å²) in [4.78, 5) is 26.3. The van der Waals surface area contributed by atoms with Gasteiger partial charge < -0.3 is 15.0 Å². The zero-order chi connectivity index (χ0) is 23.5. The molecule has 11 heteroatoms. The number of ether oxygens (including phenoxy) is 1. The molecule has 0 radical (unpaired) electrons. The molecule has 174 valence electrons. The van der Waals surface area contributed by atoms with Gasteiger partial charge in [-0.05, 0) is 5.92 Å². The third-order valence-electron chi connectivity index (χ3n) is 5.84. The van der Waals surface area contributed by atoms with E-state index in [-0.39, 0.29) is 29.9 Å². The van der Waals surface area contributed by atoms with Gasteiger partial charge in [0.1, 0.15) is 5.82 Å². The van der Waals surface area contributed by atoms with E-state index in [1.165, 1.54) is 11.6 Å². The predicted molar refractivity (Wildman–Crippen MR) is 118 cm³/mol. The first-order chi connectivity index (χ1) is 15.6. The van der Waals surface area contributed by atoms with E-state index in [9.17, 15) is 13.6 Å². The molecule has 2 bridgehead atoms. The molecule has 2 unspecified atom stereocenters. The van der Waals surface area contributed by atoms with Gasteiger partial charge in [-0.3, -0.25) is 4.79 Å². The number of nitrogens with one attached hydrogen (secondary N) is 1. The third kappa shape index (κ3) is 4.01. The maximum atomic E-state index is 14.2. The standard InChI is InChI=1S/C22H25F2N7O2/c1-11(2)16-6-19(28-21(27-16)22(4,23)24)31-17-7-18(26-12(3)32)25-8-15(17)20(29-31)30-9-13-5-14(10-30)33-13/h6-8,11,13-14H,5,9-10H2,1-4H3,(H,25,26,32). The minimum Gasteiger partial charge on any atom is -0.371 e. The van der Waals surface area contributed by atoms with Crippen LogP contribution in [0.2, 0.25) is 0 Å². The predicted octanol–water partition coefficient (Wildman–Crippen LogP) is 3.38. The lowest BCUT2D eigenvalue weighted by Crippen LogP contribution is -2.57. The fourth-order valence-corrected chi connectivity index (χ4v) is 4.23. The molecule has 6 heterocycles. The monoisotopic (exact) mass is 457 g/mol. The molecule has 0 saturated carbocycles. The van der Waals surface area contributed by atoms with Crippen LogP contribution in [0.3, 0.4) is 0 Å². The van der Waals surface area contributed by atoms with Crippen molar-refractivity contribution in [1.82, 2.24) is 24.7 Å². The molecule has 3 aromatic rings. The van der Waals surface area contributed by atoms with Crippen molar-refractivity contribution in [2.75, 3.05) is 23.3 Å². The number of fused-ring (bicyclic) bond motifs is 3. The highest BCUT2D eigenvalue weighted by molar-refractivity contribution is 5.95. The number of morpholine rings is 1. The number of alkyl halides is 2. The zero-order valence-corrected chi connectivity index (χ0v) is 18.8. The summed E-state index contributed by atoms with van der Waals surface area (Å²) in [5, 5.41) is 8.18. The van der Waals surface area contributed by atoms with Crippen LogP contribution in [0.25, 0.3) is 16.7 Å². The van der Waals surface area contributed by atoms with Gasteiger partial charge >= 0.3 is 5.92 Å². The molecule has 2 atom stereocenters. The molecule has 3 fully saturated rings. The van der Waals surface area contributed by atoms with E-state index in [4.69, 9.17) is 9.84 Å². The van der Waals surface area contributed by atoms with Gasteiger partial charge in [0.05, 0.1) is 23.1 Å². The third-order valence-corrected chi connectivity index (χ3v) is 5.84. The summed E-state index contributed by atoms with van der Waals surface area (Å²) in [7, 11) is 0. The maximum Gasteiger partial charge on any atom is 0.303 e. The summed E-state index contributed by atoms with van der Waals surface area (Å²) in [6, 6.07) is 3.35. The Labute approximate surface area is 189 Å². The van der Waals surface area contributed by atoms with Crippen LogP contribution >= 0.6 is 0 Å². The Balaban J connectivity index is 1.69. The van der Waals surface area contributed by atoms with Gasteiger partial charge in [-0.2, -0.15) is 8.78 Å². The van der Waals surface area contributed by atoms with E-state index in [2.05, 4.69) is 25.2 Å². The first-order valence-electron chi connectivity index (χ1n) is 10.9. The van der Waals surface area contributed by atoms with E-state index in [1.807, 2.05) is 13.8 Å². The van der Waals surface area contributed by atoms with E-state index < -0.39 is 11.7 Å². The van der Waals surface area contributed by atoms with Crippen LogP contribution in [0.1, 0.15) is 51.6 Å². The Morgan fingerprint density at radius 2 is 1.94 bits per heavy atom. The highest BCUT2D eigenvalue weighted by Crippen LogP contribution is 2.36. The van der Waals surface area contributed by atoms with Crippen LogP contribution in [0.15, 0.2) is 18.3 Å². The second kappa shape index (κ2) is 7.68. The quantitative estimate of drug-likeness (QED) is 0.627. The number of nitrogens with zero attached hydrogens (tertiary/aromatic N) is 6. The Morgan fingerprint density at radius 1 is 1.24 bits per heavy atom. The number of carbonyl (C=O) groups is 1. The van der Waals surface area contributed by atoms with Gasteiger partial charge in [0, 0.05) is 57.4 Å². The highest BCUT2D eigenvalue weighted by Gasteiger charge is 2.40. The lowest BCUT2D eigenvalue weighted by molar-refractivity contribution is -0.133. The van der Waals surface area contributed by atoms with Crippen molar-refractivity contribution in [3.05, 3.63) is 29.8 Å². The summed E-state index contributed by atoms with van der Waals surface area (Å²) in [5.74, 6) is -2.86. The number of aromatic nitrogens is 5. The van der Waals surface area contributed by atoms with Gasteiger partial charge in [-0.1, -0.05) is 13.8 Å². The normalized spacial score (nSPS) is 20.3. The summed E-state index contributed by atoms with van der Waals surface area (Å²) < 4.78 is 35.7. The first kappa shape index (κ1) is 21.6. The largest absolute Gasteiger partial charge is 0.371 e. The van der Waals surface area contributed by atoms with Crippen molar-refractivity contribution in [3.63, 3.8) is 0 Å². The fraction of sp³-hybridized carbons (Fsp3) is 0.500. The molecule has 3 saturated heterocycles. The summed E-state index contributed by atoms with van der Waals surface area (Å²) in [6.07, 6.45) is 2.99. The maximum absolute atomic E-state index is 14.2. The van der Waals surface area contributed by atoms with Crippen molar-refractivity contribution in [1.29, 1.82) is 0 Å². The lowest BCUT2D eigenvalue weighted by Gasteiger charge is -2.47. The minimum atomic E-state index is -3.21. The molecular formula is C22H25F2N7O2. The molecule has 0 aliphatic carbocycles. The Bertz CT molecular complexity index is 1220. The van der Waals surface area contributed by atoms with Crippen molar-refractivity contribution in [2.24, 2.45) is 0 Å². The molecule has 3 aromatic heterocycles. The van der Waals surface area contributed by atoms with E-state index in [1.54, 1.807) is 18.3 Å². The van der Waals surface area contributed by atoms with Crippen LogP contribution < -0.4 is 10.2 Å². The molecular weight excluding hydrogens is 432 g/mol. The second-order valence-corrected chi connectivity index (χ2v) is 9.04. The molecule has 1 amide bonds. The number of rotatable bonds is 5. The fourth-order valence-electron chi connectivity index (χ4n) is 4.23. The number of pyridine rings is 1.